The third-order valence-corrected chi connectivity index (χ3v) is 0.204. The molecular weight excluding hydrogens is 124 g/mol. The second-order valence-corrected chi connectivity index (χ2v) is 1.49. The van der Waals surface area contributed by atoms with E-state index in [1.807, 2.05) is 20.9 Å². The molecule has 62 valence electrons. The lowest BCUT2D eigenvalue weighted by Gasteiger charge is -1.70. The molecule has 2 nitrogen and oxygen atoms in total. The van der Waals surface area contributed by atoms with Gasteiger partial charge in [-0.25, -0.2) is 0 Å². The summed E-state index contributed by atoms with van der Waals surface area (Å²) in [6, 6.07) is 0. The first-order valence-electron chi connectivity index (χ1n) is 3.45. The molecule has 0 aromatic heterocycles. The van der Waals surface area contributed by atoms with Crippen molar-refractivity contribution in [2.45, 2.75) is 27.7 Å². The fourth-order valence-corrected chi connectivity index (χ4v) is 0. The Bertz CT molecular complexity index is 63.7. The van der Waals surface area contributed by atoms with E-state index in [9.17, 15) is 0 Å². The minimum Gasteiger partial charge on any atom is -0.394 e. The van der Waals surface area contributed by atoms with Crippen LogP contribution in [0.25, 0.3) is 0 Å². The van der Waals surface area contributed by atoms with Crippen LogP contribution < -0.4 is 5.32 Å². The largest absolute Gasteiger partial charge is 0.394 e. The van der Waals surface area contributed by atoms with Crippen LogP contribution in [0.4, 0.5) is 0 Å². The molecule has 0 saturated carbocycles. The molecule has 0 aliphatic carbocycles. The lowest BCUT2D eigenvalue weighted by molar-refractivity contribution is 1.11. The summed E-state index contributed by atoms with van der Waals surface area (Å²) in [5, 5.41) is 9.19. The van der Waals surface area contributed by atoms with Gasteiger partial charge in [-0.3, -0.25) is 0 Å². The molecule has 0 saturated heterocycles. The molecule has 0 atom stereocenters. The minimum atomic E-state index is 0.667. The van der Waals surface area contributed by atoms with Crippen LogP contribution in [0.2, 0.25) is 0 Å². The quantitative estimate of drug-likeness (QED) is 0.545. The molecule has 0 aliphatic heterocycles. The zero-order chi connectivity index (χ0) is 8.99. The van der Waals surface area contributed by atoms with E-state index >= 15 is 0 Å². The summed E-state index contributed by atoms with van der Waals surface area (Å²) >= 11 is 0. The fraction of sp³-hybridized carbons (Fsp3) is 0.625. The predicted octanol–water partition coefficient (Wildman–Crippen LogP) is 2.42. The van der Waals surface area contributed by atoms with Gasteiger partial charge in [-0.15, -0.1) is 0 Å². The molecule has 2 N–H and O–H groups in total. The van der Waals surface area contributed by atoms with Crippen molar-refractivity contribution in [1.82, 2.24) is 5.32 Å². The summed E-state index contributed by atoms with van der Waals surface area (Å²) in [5.74, 6) is 0. The molecule has 10 heavy (non-hydrogen) atoms. The second kappa shape index (κ2) is 24.1. The van der Waals surface area contributed by atoms with Crippen molar-refractivity contribution in [3.63, 3.8) is 0 Å². The molecule has 0 spiro atoms. The number of nitrogens with one attached hydrogen (secondary N) is 2. The molecule has 2 heteroatoms. The molecule has 0 radical (unpaired) electrons. The first-order chi connectivity index (χ1) is 4.65. The highest BCUT2D eigenvalue weighted by Gasteiger charge is 1.55. The van der Waals surface area contributed by atoms with Crippen molar-refractivity contribution in [2.75, 3.05) is 7.05 Å². The molecule has 0 heterocycles. The molecule has 0 bridgehead atoms. The highest BCUT2D eigenvalue weighted by Crippen LogP contribution is 1.52. The zero-order valence-corrected chi connectivity index (χ0v) is 7.78. The van der Waals surface area contributed by atoms with Gasteiger partial charge in [-0.05, 0) is 20.0 Å². The van der Waals surface area contributed by atoms with Gasteiger partial charge in [0.15, 0.2) is 0 Å². The van der Waals surface area contributed by atoms with Crippen LogP contribution in [0.5, 0.6) is 0 Å². The van der Waals surface area contributed by atoms with Gasteiger partial charge in [0.05, 0.1) is 0 Å². The van der Waals surface area contributed by atoms with E-state index in [0.29, 0.717) is 5.71 Å². The monoisotopic (exact) mass is 144 g/mol. The van der Waals surface area contributed by atoms with E-state index in [0.717, 1.165) is 0 Å². The molecule has 0 aromatic carbocycles. The van der Waals surface area contributed by atoms with Crippen molar-refractivity contribution < 1.29 is 0 Å². The van der Waals surface area contributed by atoms with E-state index in [1.54, 1.807) is 20.0 Å². The van der Waals surface area contributed by atoms with Crippen LogP contribution in [-0.2, 0) is 0 Å². The Hall–Kier alpha value is -0.790. The lowest BCUT2D eigenvalue weighted by Crippen LogP contribution is -1.87. The summed E-state index contributed by atoms with van der Waals surface area (Å²) in [6.07, 6.45) is 1.62. The van der Waals surface area contributed by atoms with Gasteiger partial charge in [0, 0.05) is 12.8 Å². The first kappa shape index (κ1) is 16.1. The van der Waals surface area contributed by atoms with Crippen molar-refractivity contribution in [3.8, 4) is 0 Å². The normalized spacial score (nSPS) is 5.30. The highest BCUT2D eigenvalue weighted by atomic mass is 14.8. The van der Waals surface area contributed by atoms with Crippen LogP contribution in [0, 0.1) is 5.41 Å². The topological polar surface area (TPSA) is 35.9 Å². The van der Waals surface area contributed by atoms with E-state index in [-0.39, 0.29) is 0 Å². The van der Waals surface area contributed by atoms with E-state index in [1.165, 1.54) is 0 Å². The van der Waals surface area contributed by atoms with E-state index in [4.69, 9.17) is 5.41 Å². The Morgan fingerprint density at radius 3 is 1.50 bits per heavy atom. The van der Waals surface area contributed by atoms with Gasteiger partial charge in [-0.1, -0.05) is 20.4 Å². The van der Waals surface area contributed by atoms with E-state index in [2.05, 4.69) is 11.9 Å². The average Bonchev–Trinajstić information content (AvgIpc) is 1.91. The maximum Gasteiger partial charge on any atom is 0.00275 e. The Kier molecular flexibility index (Phi) is 38.8. The van der Waals surface area contributed by atoms with Crippen LogP contribution in [0.3, 0.4) is 0 Å². The fourth-order valence-electron chi connectivity index (χ4n) is 0. The van der Waals surface area contributed by atoms with Crippen molar-refractivity contribution in [2.24, 2.45) is 0 Å². The summed E-state index contributed by atoms with van der Waals surface area (Å²) in [6.45, 7) is 10.9. The molecule has 0 unspecified atom stereocenters. The summed E-state index contributed by atoms with van der Waals surface area (Å²) in [4.78, 5) is 0. The Morgan fingerprint density at radius 1 is 1.40 bits per heavy atom. The SMILES string of the molecule is C=CNC.CC.CC(C)=N. The minimum absolute atomic E-state index is 0.667. The van der Waals surface area contributed by atoms with Crippen LogP contribution in [0.15, 0.2) is 12.8 Å². The number of hydrogen-bond acceptors (Lipinski definition) is 2. The second-order valence-electron chi connectivity index (χ2n) is 1.49. The van der Waals surface area contributed by atoms with Gasteiger partial charge in [0.1, 0.15) is 0 Å². The van der Waals surface area contributed by atoms with Crippen molar-refractivity contribution in [1.29, 1.82) is 5.41 Å². The van der Waals surface area contributed by atoms with Gasteiger partial charge in [-0.2, -0.15) is 0 Å². The zero-order valence-electron chi connectivity index (χ0n) is 7.78. The Balaban J connectivity index is -0.0000000787. The van der Waals surface area contributed by atoms with Gasteiger partial charge in [0.2, 0.25) is 0 Å². The summed E-state index contributed by atoms with van der Waals surface area (Å²) in [7, 11) is 1.81. The summed E-state index contributed by atoms with van der Waals surface area (Å²) in [5.41, 5.74) is 0.667. The lowest BCUT2D eigenvalue weighted by atomic mass is 10.5. The highest BCUT2D eigenvalue weighted by molar-refractivity contribution is 5.75. The molecule has 0 rings (SSSR count). The molecular formula is C8H20N2. The average molecular weight is 144 g/mol. The third-order valence-electron chi connectivity index (χ3n) is 0.204. The Labute approximate surface area is 64.9 Å². The smallest absolute Gasteiger partial charge is 0.00275 e. The van der Waals surface area contributed by atoms with Crippen molar-refractivity contribution in [3.05, 3.63) is 12.8 Å². The van der Waals surface area contributed by atoms with Crippen molar-refractivity contribution >= 4 is 5.71 Å². The first-order valence-corrected chi connectivity index (χ1v) is 3.45. The molecule has 0 aliphatic rings. The third kappa shape index (κ3) is 6300. The number of rotatable bonds is 1. The standard InChI is InChI=1S/2C3H7N.C2H6/c1-3-4-2;1-3(2)4;1-2/h3-4H,1H2,2H3;4H,1-2H3;1-2H3. The maximum absolute atomic E-state index is 6.50. The molecule has 0 amide bonds. The van der Waals surface area contributed by atoms with Crippen LogP contribution in [0.1, 0.15) is 27.7 Å². The van der Waals surface area contributed by atoms with Gasteiger partial charge >= 0.3 is 0 Å². The number of hydrogen-bond donors (Lipinski definition) is 2. The predicted molar refractivity (Wildman–Crippen MR) is 49.7 cm³/mol. The summed E-state index contributed by atoms with van der Waals surface area (Å²) < 4.78 is 0. The molecule has 0 fully saturated rings. The van der Waals surface area contributed by atoms with Crippen LogP contribution >= 0.6 is 0 Å². The van der Waals surface area contributed by atoms with Crippen LogP contribution in [-0.4, -0.2) is 12.8 Å². The van der Waals surface area contributed by atoms with Gasteiger partial charge < -0.3 is 10.7 Å². The van der Waals surface area contributed by atoms with E-state index < -0.39 is 0 Å². The maximum atomic E-state index is 6.50. The van der Waals surface area contributed by atoms with Gasteiger partial charge in [0.25, 0.3) is 0 Å². The molecule has 0 aromatic rings. The Morgan fingerprint density at radius 2 is 1.50 bits per heavy atom.